The average Bonchev–Trinajstić information content (AvgIpc) is 2.41. The molecule has 0 unspecified atom stereocenters. The maximum absolute atomic E-state index is 11.7. The number of nitrogens with zero attached hydrogens (tertiary/aromatic N) is 1. The minimum absolute atomic E-state index is 0.0529. The van der Waals surface area contributed by atoms with Crippen molar-refractivity contribution in [3.63, 3.8) is 0 Å². The Morgan fingerprint density at radius 1 is 1.00 bits per heavy atom. The van der Waals surface area contributed by atoms with Gasteiger partial charge in [-0.05, 0) is 29.7 Å². The molecule has 1 heterocycles. The Labute approximate surface area is 107 Å². The fourth-order valence-corrected chi connectivity index (χ4v) is 1.74. The van der Waals surface area contributed by atoms with Crippen molar-refractivity contribution in [1.82, 2.24) is 10.3 Å². The van der Waals surface area contributed by atoms with E-state index in [0.717, 1.165) is 12.0 Å². The van der Waals surface area contributed by atoms with Crippen molar-refractivity contribution in [2.75, 3.05) is 6.54 Å². The van der Waals surface area contributed by atoms with Crippen LogP contribution in [-0.4, -0.2) is 17.4 Å². The largest absolute Gasteiger partial charge is 0.355 e. The van der Waals surface area contributed by atoms with E-state index in [9.17, 15) is 4.79 Å². The Morgan fingerprint density at radius 2 is 1.72 bits per heavy atom. The summed E-state index contributed by atoms with van der Waals surface area (Å²) in [6, 6.07) is 13.9. The van der Waals surface area contributed by atoms with Gasteiger partial charge in [0, 0.05) is 18.9 Å². The molecule has 2 aromatic rings. The van der Waals surface area contributed by atoms with Gasteiger partial charge >= 0.3 is 0 Å². The molecule has 0 aliphatic carbocycles. The van der Waals surface area contributed by atoms with E-state index in [1.54, 1.807) is 12.4 Å². The van der Waals surface area contributed by atoms with Gasteiger partial charge in [-0.1, -0.05) is 30.3 Å². The highest BCUT2D eigenvalue weighted by atomic mass is 16.1. The summed E-state index contributed by atoms with van der Waals surface area (Å²) >= 11 is 0. The molecule has 0 bridgehead atoms. The van der Waals surface area contributed by atoms with E-state index in [4.69, 9.17) is 0 Å². The Balaban J connectivity index is 1.73. The molecule has 1 aromatic heterocycles. The van der Waals surface area contributed by atoms with Gasteiger partial charge in [0.15, 0.2) is 0 Å². The first-order chi connectivity index (χ1) is 8.84. The van der Waals surface area contributed by atoms with Crippen LogP contribution in [0.3, 0.4) is 0 Å². The van der Waals surface area contributed by atoms with Crippen molar-refractivity contribution < 1.29 is 4.79 Å². The molecule has 3 heteroatoms. The molecule has 1 amide bonds. The molecule has 92 valence electrons. The van der Waals surface area contributed by atoms with Crippen LogP contribution in [0.2, 0.25) is 0 Å². The summed E-state index contributed by atoms with van der Waals surface area (Å²) in [4.78, 5) is 15.6. The lowest BCUT2D eigenvalue weighted by molar-refractivity contribution is -0.120. The number of rotatable bonds is 5. The molecule has 0 aliphatic rings. The van der Waals surface area contributed by atoms with Crippen LogP contribution in [0.1, 0.15) is 11.1 Å². The third kappa shape index (κ3) is 4.01. The average molecular weight is 240 g/mol. The van der Waals surface area contributed by atoms with Crippen molar-refractivity contribution >= 4 is 5.91 Å². The van der Waals surface area contributed by atoms with Gasteiger partial charge in [-0.3, -0.25) is 9.78 Å². The number of carbonyl (C=O) groups is 1. The lowest BCUT2D eigenvalue weighted by Gasteiger charge is -2.05. The topological polar surface area (TPSA) is 42.0 Å². The summed E-state index contributed by atoms with van der Waals surface area (Å²) in [6.45, 7) is 0.675. The Bertz CT molecular complexity index is 482. The molecule has 0 radical (unpaired) electrons. The molecule has 3 nitrogen and oxygen atoms in total. The van der Waals surface area contributed by atoms with Gasteiger partial charge in [0.1, 0.15) is 0 Å². The zero-order chi connectivity index (χ0) is 12.6. The maximum atomic E-state index is 11.7. The second kappa shape index (κ2) is 6.55. The van der Waals surface area contributed by atoms with Crippen LogP contribution < -0.4 is 5.32 Å². The molecular formula is C15H16N2O. The van der Waals surface area contributed by atoms with Crippen molar-refractivity contribution in [3.05, 3.63) is 66.0 Å². The molecule has 1 N–H and O–H groups in total. The molecule has 0 spiro atoms. The number of carbonyl (C=O) groups excluding carboxylic acids is 1. The molecule has 0 saturated heterocycles. The van der Waals surface area contributed by atoms with Crippen LogP contribution in [0.5, 0.6) is 0 Å². The highest BCUT2D eigenvalue weighted by molar-refractivity contribution is 5.78. The summed E-state index contributed by atoms with van der Waals surface area (Å²) in [5.41, 5.74) is 2.23. The Morgan fingerprint density at radius 3 is 2.44 bits per heavy atom. The van der Waals surface area contributed by atoms with Crippen LogP contribution in [0.15, 0.2) is 54.9 Å². The van der Waals surface area contributed by atoms with E-state index in [2.05, 4.69) is 22.4 Å². The summed E-state index contributed by atoms with van der Waals surface area (Å²) < 4.78 is 0. The summed E-state index contributed by atoms with van der Waals surface area (Å²) in [7, 11) is 0. The van der Waals surface area contributed by atoms with E-state index < -0.39 is 0 Å². The maximum Gasteiger partial charge on any atom is 0.224 e. The van der Waals surface area contributed by atoms with Crippen molar-refractivity contribution in [3.8, 4) is 0 Å². The quantitative estimate of drug-likeness (QED) is 0.868. The zero-order valence-corrected chi connectivity index (χ0v) is 10.2. The van der Waals surface area contributed by atoms with Crippen LogP contribution in [-0.2, 0) is 17.6 Å². The molecule has 0 aliphatic heterocycles. The lowest BCUT2D eigenvalue weighted by Crippen LogP contribution is -2.27. The van der Waals surface area contributed by atoms with E-state index in [1.165, 1.54) is 5.56 Å². The number of aromatic nitrogens is 1. The third-order valence-corrected chi connectivity index (χ3v) is 2.69. The first kappa shape index (κ1) is 12.3. The van der Waals surface area contributed by atoms with Crippen LogP contribution in [0.25, 0.3) is 0 Å². The van der Waals surface area contributed by atoms with Gasteiger partial charge < -0.3 is 5.32 Å². The number of amides is 1. The fraction of sp³-hybridized carbons (Fsp3) is 0.200. The summed E-state index contributed by atoms with van der Waals surface area (Å²) in [6.07, 6.45) is 4.68. The van der Waals surface area contributed by atoms with Gasteiger partial charge in [0.25, 0.3) is 0 Å². The number of hydrogen-bond donors (Lipinski definition) is 1. The van der Waals surface area contributed by atoms with E-state index in [-0.39, 0.29) is 5.91 Å². The summed E-state index contributed by atoms with van der Waals surface area (Å²) in [5.74, 6) is 0.0529. The van der Waals surface area contributed by atoms with Crippen molar-refractivity contribution in [2.45, 2.75) is 12.8 Å². The Kier molecular flexibility index (Phi) is 4.47. The first-order valence-corrected chi connectivity index (χ1v) is 6.04. The highest BCUT2D eigenvalue weighted by Crippen LogP contribution is 1.99. The zero-order valence-electron chi connectivity index (χ0n) is 10.2. The second-order valence-electron chi connectivity index (χ2n) is 4.12. The summed E-state index contributed by atoms with van der Waals surface area (Å²) in [5, 5.41) is 2.92. The minimum Gasteiger partial charge on any atom is -0.355 e. The fourth-order valence-electron chi connectivity index (χ4n) is 1.74. The smallest absolute Gasteiger partial charge is 0.224 e. The second-order valence-corrected chi connectivity index (χ2v) is 4.12. The SMILES string of the molecule is O=C(Cc1ccncc1)NCCc1ccccc1. The molecular weight excluding hydrogens is 224 g/mol. The Hall–Kier alpha value is -2.16. The van der Waals surface area contributed by atoms with Gasteiger partial charge in [-0.15, -0.1) is 0 Å². The number of benzene rings is 1. The van der Waals surface area contributed by atoms with Gasteiger partial charge in [-0.2, -0.15) is 0 Å². The molecule has 0 saturated carbocycles. The third-order valence-electron chi connectivity index (χ3n) is 2.69. The molecule has 1 aromatic carbocycles. The van der Waals surface area contributed by atoms with Crippen LogP contribution in [0.4, 0.5) is 0 Å². The normalized spacial score (nSPS) is 10.0. The molecule has 18 heavy (non-hydrogen) atoms. The van der Waals surface area contributed by atoms with Crippen molar-refractivity contribution in [1.29, 1.82) is 0 Å². The predicted octanol–water partition coefficient (Wildman–Crippen LogP) is 1.98. The van der Waals surface area contributed by atoms with Crippen molar-refractivity contribution in [2.24, 2.45) is 0 Å². The standard InChI is InChI=1S/C15H16N2O/c18-15(12-14-6-9-16-10-7-14)17-11-8-13-4-2-1-3-5-13/h1-7,9-10H,8,11-12H2,(H,17,18). The molecule has 2 rings (SSSR count). The first-order valence-electron chi connectivity index (χ1n) is 6.04. The monoisotopic (exact) mass is 240 g/mol. The van der Waals surface area contributed by atoms with Crippen LogP contribution >= 0.6 is 0 Å². The lowest BCUT2D eigenvalue weighted by atomic mass is 10.1. The number of pyridine rings is 1. The molecule has 0 atom stereocenters. The van der Waals surface area contributed by atoms with Gasteiger partial charge in [-0.25, -0.2) is 0 Å². The predicted molar refractivity (Wildman–Crippen MR) is 71.1 cm³/mol. The van der Waals surface area contributed by atoms with E-state index >= 15 is 0 Å². The number of nitrogens with one attached hydrogen (secondary N) is 1. The minimum atomic E-state index is 0.0529. The van der Waals surface area contributed by atoms with Crippen LogP contribution in [0, 0.1) is 0 Å². The van der Waals surface area contributed by atoms with Gasteiger partial charge in [0.05, 0.1) is 6.42 Å². The van der Waals surface area contributed by atoms with Gasteiger partial charge in [0.2, 0.25) is 5.91 Å². The molecule has 0 fully saturated rings. The number of hydrogen-bond acceptors (Lipinski definition) is 2. The van der Waals surface area contributed by atoms with E-state index in [0.29, 0.717) is 13.0 Å². The highest BCUT2D eigenvalue weighted by Gasteiger charge is 2.02. The van der Waals surface area contributed by atoms with E-state index in [1.807, 2.05) is 30.3 Å².